The van der Waals surface area contributed by atoms with Crippen LogP contribution in [0.3, 0.4) is 0 Å². The third kappa shape index (κ3) is 3.23. The molecule has 0 bridgehead atoms. The van der Waals surface area contributed by atoms with Gasteiger partial charge in [0.2, 0.25) is 0 Å². The van der Waals surface area contributed by atoms with Gasteiger partial charge in [0.15, 0.2) is 0 Å². The topological polar surface area (TPSA) is 40.5 Å². The quantitative estimate of drug-likeness (QED) is 0.705. The summed E-state index contributed by atoms with van der Waals surface area (Å²) in [5, 5.41) is 8.48. The standard InChI is InChI=1S/C14H21NO2/c1-10-5-11(2)9-15(8-10)13-6-12(7-13)3-4-14(16)17/h10-13H,5-9H2,1-2H3,(H,16,17). The van der Waals surface area contributed by atoms with E-state index in [1.54, 1.807) is 0 Å². The molecule has 17 heavy (non-hydrogen) atoms. The molecular weight excluding hydrogens is 214 g/mol. The minimum atomic E-state index is -1.01. The lowest BCUT2D eigenvalue weighted by Crippen LogP contribution is -2.50. The number of carboxylic acid groups (broad SMARTS) is 1. The summed E-state index contributed by atoms with van der Waals surface area (Å²) in [6.07, 6.45) is 3.45. The second-order valence-electron chi connectivity index (χ2n) is 5.80. The first-order chi connectivity index (χ1) is 8.04. The Morgan fingerprint density at radius 3 is 2.29 bits per heavy atom. The van der Waals surface area contributed by atoms with Gasteiger partial charge in [0.05, 0.1) is 0 Å². The van der Waals surface area contributed by atoms with E-state index < -0.39 is 5.97 Å². The van der Waals surface area contributed by atoms with E-state index in [4.69, 9.17) is 5.11 Å². The first-order valence-electron chi connectivity index (χ1n) is 6.53. The van der Waals surface area contributed by atoms with Gasteiger partial charge in [-0.15, -0.1) is 0 Å². The maximum Gasteiger partial charge on any atom is 0.381 e. The smallest absolute Gasteiger partial charge is 0.381 e. The number of hydrogen-bond acceptors (Lipinski definition) is 2. The minimum Gasteiger partial charge on any atom is -0.472 e. The third-order valence-corrected chi connectivity index (χ3v) is 3.91. The second kappa shape index (κ2) is 5.10. The Morgan fingerprint density at radius 1 is 1.18 bits per heavy atom. The van der Waals surface area contributed by atoms with E-state index in [9.17, 15) is 4.79 Å². The molecule has 1 N–H and O–H groups in total. The highest BCUT2D eigenvalue weighted by Crippen LogP contribution is 2.34. The number of aliphatic carboxylic acids is 1. The van der Waals surface area contributed by atoms with E-state index in [0.29, 0.717) is 12.0 Å². The van der Waals surface area contributed by atoms with Gasteiger partial charge in [-0.25, -0.2) is 4.79 Å². The van der Waals surface area contributed by atoms with Crippen LogP contribution in [-0.4, -0.2) is 35.1 Å². The van der Waals surface area contributed by atoms with Crippen LogP contribution in [0.15, 0.2) is 0 Å². The van der Waals surface area contributed by atoms with Crippen molar-refractivity contribution in [2.45, 2.75) is 39.2 Å². The molecular formula is C14H21NO2. The molecule has 2 unspecified atom stereocenters. The van der Waals surface area contributed by atoms with E-state index in [0.717, 1.165) is 24.7 Å². The summed E-state index contributed by atoms with van der Waals surface area (Å²) in [4.78, 5) is 12.9. The second-order valence-corrected chi connectivity index (χ2v) is 5.80. The number of piperidine rings is 1. The number of carbonyl (C=O) groups is 1. The fourth-order valence-corrected chi connectivity index (χ4v) is 3.18. The van der Waals surface area contributed by atoms with Crippen LogP contribution in [0.4, 0.5) is 0 Å². The highest BCUT2D eigenvalue weighted by Gasteiger charge is 2.35. The van der Waals surface area contributed by atoms with Gasteiger partial charge in [-0.3, -0.25) is 4.90 Å². The Bertz CT molecular complexity index is 339. The van der Waals surface area contributed by atoms with Gasteiger partial charge < -0.3 is 5.11 Å². The highest BCUT2D eigenvalue weighted by molar-refractivity contribution is 5.86. The normalized spacial score (nSPS) is 37.8. The highest BCUT2D eigenvalue weighted by atomic mass is 16.4. The van der Waals surface area contributed by atoms with E-state index in [1.807, 2.05) is 0 Å². The summed E-state index contributed by atoms with van der Waals surface area (Å²) in [6, 6.07) is 0.647. The molecule has 3 heteroatoms. The molecule has 2 atom stereocenters. The van der Waals surface area contributed by atoms with Crippen molar-refractivity contribution in [1.82, 2.24) is 4.90 Å². The number of hydrogen-bond donors (Lipinski definition) is 1. The molecule has 0 aromatic carbocycles. The van der Waals surface area contributed by atoms with Gasteiger partial charge in [0.1, 0.15) is 0 Å². The van der Waals surface area contributed by atoms with Crippen LogP contribution < -0.4 is 0 Å². The number of rotatable bonds is 1. The van der Waals surface area contributed by atoms with Crippen LogP contribution in [0.2, 0.25) is 0 Å². The van der Waals surface area contributed by atoms with Gasteiger partial charge in [-0.2, -0.15) is 0 Å². The minimum absolute atomic E-state index is 0.309. The molecule has 2 rings (SSSR count). The van der Waals surface area contributed by atoms with Crippen molar-refractivity contribution in [1.29, 1.82) is 0 Å². The lowest BCUT2D eigenvalue weighted by Gasteiger charge is -2.46. The Kier molecular flexibility index (Phi) is 3.73. The Balaban J connectivity index is 1.80. The molecule has 1 heterocycles. The molecule has 0 aromatic heterocycles. The van der Waals surface area contributed by atoms with Crippen molar-refractivity contribution in [3.8, 4) is 11.8 Å². The van der Waals surface area contributed by atoms with Crippen LogP contribution in [0.1, 0.15) is 33.1 Å². The van der Waals surface area contributed by atoms with Crippen molar-refractivity contribution < 1.29 is 9.90 Å². The molecule has 2 aliphatic rings. The largest absolute Gasteiger partial charge is 0.472 e. The molecule has 0 aromatic rings. The Morgan fingerprint density at radius 2 is 1.76 bits per heavy atom. The number of carboxylic acids is 1. The molecule has 2 fully saturated rings. The Labute approximate surface area is 103 Å². The molecule has 0 spiro atoms. The van der Waals surface area contributed by atoms with Gasteiger partial charge in [0, 0.05) is 31.0 Å². The summed E-state index contributed by atoms with van der Waals surface area (Å²) in [6.45, 7) is 7.05. The number of likely N-dealkylation sites (tertiary alicyclic amines) is 1. The van der Waals surface area contributed by atoms with Crippen molar-refractivity contribution in [2.75, 3.05) is 13.1 Å². The lowest BCUT2D eigenvalue weighted by molar-refractivity contribution is -0.130. The average molecular weight is 235 g/mol. The van der Waals surface area contributed by atoms with Gasteiger partial charge in [0.25, 0.3) is 0 Å². The lowest BCUT2D eigenvalue weighted by atomic mass is 9.78. The molecule has 0 amide bonds. The molecule has 1 aliphatic heterocycles. The van der Waals surface area contributed by atoms with E-state index in [-0.39, 0.29) is 0 Å². The van der Waals surface area contributed by atoms with E-state index in [2.05, 4.69) is 30.6 Å². The molecule has 0 radical (unpaired) electrons. The zero-order chi connectivity index (χ0) is 12.4. The fraction of sp³-hybridized carbons (Fsp3) is 0.786. The Hall–Kier alpha value is -1.01. The van der Waals surface area contributed by atoms with Crippen molar-refractivity contribution in [3.63, 3.8) is 0 Å². The molecule has 1 saturated carbocycles. The maximum absolute atomic E-state index is 10.3. The first-order valence-corrected chi connectivity index (χ1v) is 6.53. The van der Waals surface area contributed by atoms with Crippen molar-refractivity contribution in [2.24, 2.45) is 17.8 Å². The van der Waals surface area contributed by atoms with E-state index >= 15 is 0 Å². The summed E-state index contributed by atoms with van der Waals surface area (Å²) < 4.78 is 0. The zero-order valence-electron chi connectivity index (χ0n) is 10.6. The van der Waals surface area contributed by atoms with Gasteiger partial charge in [-0.1, -0.05) is 19.8 Å². The molecule has 3 nitrogen and oxygen atoms in total. The maximum atomic E-state index is 10.3. The predicted octanol–water partition coefficient (Wildman–Crippen LogP) is 1.83. The number of nitrogens with zero attached hydrogens (tertiary/aromatic N) is 1. The average Bonchev–Trinajstić information content (AvgIpc) is 2.12. The summed E-state index contributed by atoms with van der Waals surface area (Å²) in [7, 11) is 0. The molecule has 94 valence electrons. The summed E-state index contributed by atoms with van der Waals surface area (Å²) in [5.41, 5.74) is 0. The van der Waals surface area contributed by atoms with Crippen LogP contribution in [0.5, 0.6) is 0 Å². The van der Waals surface area contributed by atoms with Gasteiger partial charge >= 0.3 is 5.97 Å². The monoisotopic (exact) mass is 235 g/mol. The third-order valence-electron chi connectivity index (χ3n) is 3.91. The first kappa shape index (κ1) is 12.4. The van der Waals surface area contributed by atoms with Crippen LogP contribution in [0, 0.1) is 29.6 Å². The van der Waals surface area contributed by atoms with Crippen LogP contribution >= 0.6 is 0 Å². The summed E-state index contributed by atoms with van der Waals surface area (Å²) in [5.74, 6) is 5.96. The zero-order valence-corrected chi connectivity index (χ0v) is 10.6. The predicted molar refractivity (Wildman–Crippen MR) is 66.4 cm³/mol. The van der Waals surface area contributed by atoms with Crippen LogP contribution in [-0.2, 0) is 4.79 Å². The van der Waals surface area contributed by atoms with Crippen molar-refractivity contribution >= 4 is 5.97 Å². The molecule has 1 saturated heterocycles. The SMILES string of the molecule is CC1CC(C)CN(C2CC(C#CC(=O)O)C2)C1. The fourth-order valence-electron chi connectivity index (χ4n) is 3.18. The van der Waals surface area contributed by atoms with Crippen molar-refractivity contribution in [3.05, 3.63) is 0 Å². The van der Waals surface area contributed by atoms with E-state index in [1.165, 1.54) is 19.5 Å². The summed E-state index contributed by atoms with van der Waals surface area (Å²) >= 11 is 0. The molecule has 1 aliphatic carbocycles. The van der Waals surface area contributed by atoms with Crippen LogP contribution in [0.25, 0.3) is 0 Å². The van der Waals surface area contributed by atoms with Gasteiger partial charge in [-0.05, 0) is 31.1 Å².